The van der Waals surface area contributed by atoms with Crippen molar-refractivity contribution in [3.05, 3.63) is 59.2 Å². The Balaban J connectivity index is 2.60. The second-order valence-electron chi connectivity index (χ2n) is 4.33. The Bertz CT molecular complexity index is 495. The summed E-state index contributed by atoms with van der Waals surface area (Å²) in [6.45, 7) is 6.55. The van der Waals surface area contributed by atoms with E-state index >= 15 is 0 Å². The first-order valence-electron chi connectivity index (χ1n) is 5.88. The maximum Gasteiger partial charge on any atom is -0.0149 e. The van der Waals surface area contributed by atoms with Crippen LogP contribution in [0.15, 0.2) is 42.5 Å². The molecule has 0 bridgehead atoms. The molecule has 0 atom stereocenters. The van der Waals surface area contributed by atoms with Crippen molar-refractivity contribution in [2.75, 3.05) is 0 Å². The van der Waals surface area contributed by atoms with Gasteiger partial charge in [0.1, 0.15) is 0 Å². The molecule has 0 spiro atoms. The van der Waals surface area contributed by atoms with Gasteiger partial charge in [-0.1, -0.05) is 55.0 Å². The number of hydrogen-bond donors (Lipinski definition) is 0. The molecular formula is C16H18. The maximum atomic E-state index is 2.29. The van der Waals surface area contributed by atoms with Crippen LogP contribution in [0.3, 0.4) is 0 Å². The summed E-state index contributed by atoms with van der Waals surface area (Å²) in [6.07, 6.45) is 1.09. The van der Waals surface area contributed by atoms with Gasteiger partial charge in [0.2, 0.25) is 0 Å². The van der Waals surface area contributed by atoms with Gasteiger partial charge in [-0.2, -0.15) is 0 Å². The molecule has 16 heavy (non-hydrogen) atoms. The Morgan fingerprint density at radius 1 is 0.875 bits per heavy atom. The lowest BCUT2D eigenvalue weighted by Gasteiger charge is -2.11. The van der Waals surface area contributed by atoms with Crippen LogP contribution in [0.1, 0.15) is 23.6 Å². The molecule has 0 saturated heterocycles. The average molecular weight is 210 g/mol. The summed E-state index contributed by atoms with van der Waals surface area (Å²) in [5.74, 6) is 0. The predicted molar refractivity (Wildman–Crippen MR) is 70.7 cm³/mol. The Morgan fingerprint density at radius 2 is 1.62 bits per heavy atom. The van der Waals surface area contributed by atoms with Crippen LogP contribution in [0.4, 0.5) is 0 Å². The van der Waals surface area contributed by atoms with Crippen molar-refractivity contribution in [3.63, 3.8) is 0 Å². The van der Waals surface area contributed by atoms with Gasteiger partial charge in [-0.25, -0.2) is 0 Å². The average Bonchev–Trinajstić information content (AvgIpc) is 2.30. The minimum absolute atomic E-state index is 1.09. The molecule has 0 heterocycles. The molecular weight excluding hydrogens is 192 g/mol. The quantitative estimate of drug-likeness (QED) is 0.683. The van der Waals surface area contributed by atoms with Crippen LogP contribution in [-0.2, 0) is 6.42 Å². The van der Waals surface area contributed by atoms with Crippen molar-refractivity contribution in [3.8, 4) is 11.1 Å². The molecule has 0 radical (unpaired) electrons. The standard InChI is InChI=1S/C16H18/c1-4-14-11-12(2)9-10-16(14)15-8-6-5-7-13(15)3/h5-11H,4H2,1-3H3. The van der Waals surface area contributed by atoms with Crippen LogP contribution in [-0.4, -0.2) is 0 Å². The number of rotatable bonds is 2. The largest absolute Gasteiger partial charge is 0.0620 e. The molecule has 0 aromatic heterocycles. The van der Waals surface area contributed by atoms with Crippen molar-refractivity contribution in [1.82, 2.24) is 0 Å². The van der Waals surface area contributed by atoms with Crippen LogP contribution >= 0.6 is 0 Å². The Kier molecular flexibility index (Phi) is 3.09. The highest BCUT2D eigenvalue weighted by molar-refractivity contribution is 5.70. The third kappa shape index (κ3) is 2.01. The molecule has 0 N–H and O–H groups in total. The zero-order chi connectivity index (χ0) is 11.5. The van der Waals surface area contributed by atoms with Gasteiger partial charge in [0.15, 0.2) is 0 Å². The molecule has 0 heteroatoms. The third-order valence-electron chi connectivity index (χ3n) is 3.08. The van der Waals surface area contributed by atoms with E-state index in [1.54, 1.807) is 0 Å². The van der Waals surface area contributed by atoms with Crippen molar-refractivity contribution in [2.45, 2.75) is 27.2 Å². The van der Waals surface area contributed by atoms with Crippen LogP contribution in [0, 0.1) is 13.8 Å². The van der Waals surface area contributed by atoms with Crippen LogP contribution in [0.2, 0.25) is 0 Å². The van der Waals surface area contributed by atoms with Crippen LogP contribution in [0.25, 0.3) is 11.1 Å². The highest BCUT2D eigenvalue weighted by Gasteiger charge is 2.05. The Hall–Kier alpha value is -1.56. The fourth-order valence-electron chi connectivity index (χ4n) is 2.15. The first-order valence-corrected chi connectivity index (χ1v) is 5.88. The van der Waals surface area contributed by atoms with Crippen LogP contribution < -0.4 is 0 Å². The van der Waals surface area contributed by atoms with E-state index in [1.807, 2.05) is 0 Å². The van der Waals surface area contributed by atoms with Gasteiger partial charge in [0, 0.05) is 0 Å². The zero-order valence-electron chi connectivity index (χ0n) is 10.2. The van der Waals surface area contributed by atoms with E-state index in [9.17, 15) is 0 Å². The predicted octanol–water partition coefficient (Wildman–Crippen LogP) is 4.53. The highest BCUT2D eigenvalue weighted by atomic mass is 14.1. The van der Waals surface area contributed by atoms with E-state index in [1.165, 1.54) is 27.8 Å². The summed E-state index contributed by atoms with van der Waals surface area (Å²) in [7, 11) is 0. The van der Waals surface area contributed by atoms with Gasteiger partial charge in [0.25, 0.3) is 0 Å². The molecule has 0 aliphatic heterocycles. The molecule has 0 saturated carbocycles. The molecule has 2 aromatic carbocycles. The molecule has 0 nitrogen and oxygen atoms in total. The van der Waals surface area contributed by atoms with E-state index < -0.39 is 0 Å². The first kappa shape index (κ1) is 10.9. The molecule has 2 rings (SSSR count). The number of aryl methyl sites for hydroxylation is 3. The lowest BCUT2D eigenvalue weighted by Crippen LogP contribution is -1.90. The van der Waals surface area contributed by atoms with Crippen molar-refractivity contribution < 1.29 is 0 Å². The zero-order valence-corrected chi connectivity index (χ0v) is 10.2. The monoisotopic (exact) mass is 210 g/mol. The van der Waals surface area contributed by atoms with Gasteiger partial charge in [0.05, 0.1) is 0 Å². The molecule has 0 aliphatic carbocycles. The highest BCUT2D eigenvalue weighted by Crippen LogP contribution is 2.27. The SMILES string of the molecule is CCc1cc(C)ccc1-c1ccccc1C. The lowest BCUT2D eigenvalue weighted by atomic mass is 9.93. The fraction of sp³-hybridized carbons (Fsp3) is 0.250. The molecule has 0 aliphatic rings. The first-order chi connectivity index (χ1) is 7.72. The second kappa shape index (κ2) is 4.52. The second-order valence-corrected chi connectivity index (χ2v) is 4.33. The maximum absolute atomic E-state index is 2.29. The summed E-state index contributed by atoms with van der Waals surface area (Å²) in [5.41, 5.74) is 6.87. The molecule has 2 aromatic rings. The van der Waals surface area contributed by atoms with Crippen molar-refractivity contribution in [2.24, 2.45) is 0 Å². The van der Waals surface area contributed by atoms with E-state index in [0.717, 1.165) is 6.42 Å². The molecule has 0 amide bonds. The summed E-state index contributed by atoms with van der Waals surface area (Å²) in [5, 5.41) is 0. The number of hydrogen-bond acceptors (Lipinski definition) is 0. The third-order valence-corrected chi connectivity index (χ3v) is 3.08. The van der Waals surface area contributed by atoms with Gasteiger partial charge in [-0.15, -0.1) is 0 Å². The van der Waals surface area contributed by atoms with Crippen molar-refractivity contribution in [1.29, 1.82) is 0 Å². The molecule has 82 valence electrons. The summed E-state index contributed by atoms with van der Waals surface area (Å²) >= 11 is 0. The summed E-state index contributed by atoms with van der Waals surface area (Å²) in [4.78, 5) is 0. The Labute approximate surface area is 97.9 Å². The normalized spacial score (nSPS) is 10.4. The topological polar surface area (TPSA) is 0 Å². The Morgan fingerprint density at radius 3 is 2.31 bits per heavy atom. The minimum atomic E-state index is 1.09. The van der Waals surface area contributed by atoms with Gasteiger partial charge in [-0.05, 0) is 42.5 Å². The minimum Gasteiger partial charge on any atom is -0.0620 e. The summed E-state index contributed by atoms with van der Waals surface area (Å²) in [6, 6.07) is 15.3. The van der Waals surface area contributed by atoms with Crippen LogP contribution in [0.5, 0.6) is 0 Å². The van der Waals surface area contributed by atoms with Gasteiger partial charge in [-0.3, -0.25) is 0 Å². The summed E-state index contributed by atoms with van der Waals surface area (Å²) < 4.78 is 0. The number of benzene rings is 2. The fourth-order valence-corrected chi connectivity index (χ4v) is 2.15. The van der Waals surface area contributed by atoms with E-state index in [4.69, 9.17) is 0 Å². The van der Waals surface area contributed by atoms with E-state index in [-0.39, 0.29) is 0 Å². The molecule has 0 fully saturated rings. The molecule has 0 unspecified atom stereocenters. The van der Waals surface area contributed by atoms with E-state index in [2.05, 4.69) is 63.2 Å². The van der Waals surface area contributed by atoms with Gasteiger partial charge < -0.3 is 0 Å². The van der Waals surface area contributed by atoms with Gasteiger partial charge >= 0.3 is 0 Å². The van der Waals surface area contributed by atoms with E-state index in [0.29, 0.717) is 0 Å². The van der Waals surface area contributed by atoms with Crippen molar-refractivity contribution >= 4 is 0 Å². The smallest absolute Gasteiger partial charge is 0.0149 e. The lowest BCUT2D eigenvalue weighted by molar-refractivity contribution is 1.13.